The number of methoxy groups -OCH3 is 1. The number of benzene rings is 1. The zero-order chi connectivity index (χ0) is 34.1. The predicted octanol–water partition coefficient (Wildman–Crippen LogP) is 6.05. The second-order valence-corrected chi connectivity index (χ2v) is 15.3. The summed E-state index contributed by atoms with van der Waals surface area (Å²) < 4.78 is 49.1. The van der Waals surface area contributed by atoms with Gasteiger partial charge in [0.05, 0.1) is 36.6 Å². The van der Waals surface area contributed by atoms with Crippen molar-refractivity contribution >= 4 is 28.8 Å². The predicted molar refractivity (Wildman–Crippen MR) is 169 cm³/mol. The molecule has 8 atom stereocenters. The molecule has 10 nitrogen and oxygen atoms in total. The highest BCUT2D eigenvalue weighted by atomic mass is 19.3. The van der Waals surface area contributed by atoms with Crippen molar-refractivity contribution in [2.24, 2.45) is 23.2 Å². The van der Waals surface area contributed by atoms with Gasteiger partial charge in [-0.2, -0.15) is 0 Å². The van der Waals surface area contributed by atoms with Gasteiger partial charge in [0.2, 0.25) is 11.8 Å². The summed E-state index contributed by atoms with van der Waals surface area (Å²) in [6, 6.07) is 3.21. The molecule has 2 amide bonds. The van der Waals surface area contributed by atoms with Gasteiger partial charge in [0.1, 0.15) is 29.2 Å². The molecule has 1 N–H and O–H groups in total. The fourth-order valence-electron chi connectivity index (χ4n) is 8.19. The Morgan fingerprint density at radius 1 is 1.11 bits per heavy atom. The number of alkyl carbamates (subject to hydrolysis) is 1. The molecule has 0 spiro atoms. The van der Waals surface area contributed by atoms with E-state index in [0.717, 1.165) is 12.8 Å². The minimum Gasteiger partial charge on any atom is -0.497 e. The monoisotopic (exact) mass is 656 g/mol. The molecule has 12 heteroatoms. The van der Waals surface area contributed by atoms with Crippen LogP contribution in [-0.4, -0.2) is 76.0 Å². The minimum atomic E-state index is -3.00. The number of hydrogen-bond acceptors (Lipinski definition) is 8. The number of nitrogens with one attached hydrogen (secondary N) is 1. The highest BCUT2D eigenvalue weighted by Gasteiger charge is 2.70. The molecule has 1 aromatic heterocycles. The molecule has 2 unspecified atom stereocenters. The number of Topliss-reactive ketones (excluding diaryl/α,β-unsaturated/α-hetero) is 1. The zero-order valence-electron chi connectivity index (χ0n) is 28.3. The third-order valence-electron chi connectivity index (χ3n) is 11.0. The molecular formula is C35H46F2N4O6. The molecule has 2 bridgehead atoms. The molecular weight excluding hydrogens is 610 g/mol. The van der Waals surface area contributed by atoms with Crippen LogP contribution in [-0.2, 0) is 14.3 Å². The lowest BCUT2D eigenvalue weighted by Crippen LogP contribution is -2.57. The van der Waals surface area contributed by atoms with Crippen LogP contribution >= 0.6 is 0 Å². The van der Waals surface area contributed by atoms with Crippen molar-refractivity contribution in [3.05, 3.63) is 23.9 Å². The van der Waals surface area contributed by atoms with E-state index in [0.29, 0.717) is 36.0 Å². The normalized spacial score (nSPS) is 34.1. The summed E-state index contributed by atoms with van der Waals surface area (Å²) in [5, 5.41) is 2.84. The average Bonchev–Trinajstić information content (AvgIpc) is 3.20. The van der Waals surface area contributed by atoms with Crippen molar-refractivity contribution in [3.8, 4) is 11.6 Å². The van der Waals surface area contributed by atoms with Gasteiger partial charge < -0.3 is 24.4 Å². The molecule has 2 aromatic rings. The molecule has 6 rings (SSSR count). The number of carbonyl (C=O) groups is 3. The second kappa shape index (κ2) is 11.8. The lowest BCUT2D eigenvalue weighted by molar-refractivity contribution is -0.141. The highest BCUT2D eigenvalue weighted by Crippen LogP contribution is 2.64. The first-order valence-electron chi connectivity index (χ1n) is 16.8. The van der Waals surface area contributed by atoms with Crippen LogP contribution < -0.4 is 14.8 Å². The van der Waals surface area contributed by atoms with E-state index in [1.165, 1.54) is 18.9 Å². The lowest BCUT2D eigenvalue weighted by atomic mass is 9.85. The van der Waals surface area contributed by atoms with E-state index < -0.39 is 64.9 Å². The third kappa shape index (κ3) is 6.01. The summed E-state index contributed by atoms with van der Waals surface area (Å²) in [4.78, 5) is 51.6. The van der Waals surface area contributed by atoms with Gasteiger partial charge in [-0.05, 0) is 69.4 Å². The number of aromatic nitrogens is 2. The van der Waals surface area contributed by atoms with Crippen molar-refractivity contribution in [2.45, 2.75) is 116 Å². The number of fused-ring (bicyclic) bond motifs is 7. The van der Waals surface area contributed by atoms with Gasteiger partial charge in [-0.15, -0.1) is 0 Å². The molecule has 2 aliphatic heterocycles. The number of amides is 2. The second-order valence-electron chi connectivity index (χ2n) is 15.3. The number of ether oxygens (including phenoxy) is 3. The van der Waals surface area contributed by atoms with Crippen molar-refractivity contribution in [2.75, 3.05) is 13.7 Å². The van der Waals surface area contributed by atoms with Crippen molar-refractivity contribution in [1.29, 1.82) is 0 Å². The van der Waals surface area contributed by atoms with E-state index in [2.05, 4.69) is 5.32 Å². The first kappa shape index (κ1) is 33.3. The Hall–Kier alpha value is -3.57. The Bertz CT molecular complexity index is 1580. The van der Waals surface area contributed by atoms with Crippen LogP contribution in [0.5, 0.6) is 11.6 Å². The Morgan fingerprint density at radius 3 is 2.51 bits per heavy atom. The Morgan fingerprint density at radius 2 is 1.83 bits per heavy atom. The summed E-state index contributed by atoms with van der Waals surface area (Å²) in [6.45, 7) is 10.6. The molecule has 1 saturated heterocycles. The molecule has 2 aliphatic carbocycles. The quantitative estimate of drug-likeness (QED) is 0.415. The Labute approximate surface area is 274 Å². The maximum absolute atomic E-state index is 15.6. The van der Waals surface area contributed by atoms with Crippen LogP contribution in [0.25, 0.3) is 11.0 Å². The van der Waals surface area contributed by atoms with Crippen molar-refractivity contribution < 1.29 is 37.4 Å². The van der Waals surface area contributed by atoms with E-state index in [-0.39, 0.29) is 36.2 Å². The van der Waals surface area contributed by atoms with Gasteiger partial charge in [-0.3, -0.25) is 9.59 Å². The van der Waals surface area contributed by atoms with Gasteiger partial charge in [-0.25, -0.2) is 23.5 Å². The molecule has 0 radical (unpaired) electrons. The minimum absolute atomic E-state index is 0.00152. The Kier molecular flexibility index (Phi) is 8.40. The van der Waals surface area contributed by atoms with E-state index in [4.69, 9.17) is 24.2 Å². The van der Waals surface area contributed by atoms with Gasteiger partial charge in [0.15, 0.2) is 5.78 Å². The van der Waals surface area contributed by atoms with Crippen LogP contribution in [0.2, 0.25) is 0 Å². The fraction of sp³-hybridized carbons (Fsp3) is 0.686. The number of alkyl halides is 2. The molecule has 256 valence electrons. The Balaban J connectivity index is 1.44. The fourth-order valence-corrected chi connectivity index (χ4v) is 8.19. The van der Waals surface area contributed by atoms with Crippen LogP contribution in [0.3, 0.4) is 0 Å². The smallest absolute Gasteiger partial charge is 0.408 e. The van der Waals surface area contributed by atoms with Crippen LogP contribution in [0.15, 0.2) is 18.2 Å². The highest BCUT2D eigenvalue weighted by molar-refractivity contribution is 5.92. The average molecular weight is 657 g/mol. The summed E-state index contributed by atoms with van der Waals surface area (Å²) in [7, 11) is 1.52. The van der Waals surface area contributed by atoms with E-state index in [1.54, 1.807) is 25.1 Å². The first-order chi connectivity index (χ1) is 22.0. The summed E-state index contributed by atoms with van der Waals surface area (Å²) >= 11 is 0. The first-order valence-corrected chi connectivity index (χ1v) is 16.8. The SMILES string of the molecule is COc1ccc2nc3c(nc2c1)O[C@H]1CN(C(=O)[C@H](C(C)(C)C)NC(=O)O[C@]2(C)CCC[C@H]2CCCC2C3C2(F)F)[C@H](C(C)=O)[C@@H]1C. The number of hydrogen-bond donors (Lipinski definition) is 1. The number of nitrogens with zero attached hydrogens (tertiary/aromatic N) is 3. The summed E-state index contributed by atoms with van der Waals surface area (Å²) in [6.07, 6.45) is 2.31. The number of carbonyl (C=O) groups excluding carboxylic acids is 3. The third-order valence-corrected chi connectivity index (χ3v) is 11.0. The number of ketones is 1. The van der Waals surface area contributed by atoms with Crippen LogP contribution in [0.1, 0.15) is 91.7 Å². The topological polar surface area (TPSA) is 120 Å². The molecule has 47 heavy (non-hydrogen) atoms. The molecule has 3 heterocycles. The molecule has 4 aliphatic rings. The van der Waals surface area contributed by atoms with Crippen LogP contribution in [0.4, 0.5) is 13.6 Å². The van der Waals surface area contributed by atoms with Gasteiger partial charge in [0.25, 0.3) is 5.92 Å². The summed E-state index contributed by atoms with van der Waals surface area (Å²) in [5.74, 6) is -5.82. The van der Waals surface area contributed by atoms with Gasteiger partial charge in [-0.1, -0.05) is 34.1 Å². The van der Waals surface area contributed by atoms with Crippen LogP contribution in [0, 0.1) is 23.2 Å². The maximum Gasteiger partial charge on any atom is 0.408 e. The van der Waals surface area contributed by atoms with Gasteiger partial charge in [0, 0.05) is 17.9 Å². The number of rotatable bonds is 2. The van der Waals surface area contributed by atoms with Gasteiger partial charge >= 0.3 is 6.09 Å². The zero-order valence-corrected chi connectivity index (χ0v) is 28.3. The molecule has 2 saturated carbocycles. The molecule has 3 fully saturated rings. The summed E-state index contributed by atoms with van der Waals surface area (Å²) in [5.41, 5.74) is -0.559. The lowest BCUT2D eigenvalue weighted by Gasteiger charge is -2.37. The standard InChI is InChI=1S/C35H46F2N4O6/c1-18-25-17-41(28(18)19(2)42)31(43)29(33(3,4)5)40-32(44)47-34(6)15-9-11-20(34)10-8-12-22-26(35(22,36)37)27-30(46-25)39-24-16-21(45-7)13-14-23(24)38-27/h13-14,16,18,20,22,25-26,28-29H,8-12,15,17H2,1-7H3,(H,40,44)/t18-,20-,22?,25+,26?,28+,29-,34-/m1/s1. The number of halogens is 2. The molecule has 1 aromatic carbocycles. The maximum atomic E-state index is 15.6. The van der Waals surface area contributed by atoms with E-state index in [1.807, 2.05) is 27.7 Å². The van der Waals surface area contributed by atoms with Crippen molar-refractivity contribution in [3.63, 3.8) is 0 Å². The largest absolute Gasteiger partial charge is 0.497 e. The van der Waals surface area contributed by atoms with Crippen molar-refractivity contribution in [1.82, 2.24) is 20.2 Å². The van der Waals surface area contributed by atoms with E-state index >= 15 is 8.78 Å². The van der Waals surface area contributed by atoms with E-state index in [9.17, 15) is 14.4 Å².